The summed E-state index contributed by atoms with van der Waals surface area (Å²) in [5.74, 6) is 1.77. The van der Waals surface area contributed by atoms with Crippen molar-refractivity contribution >= 4 is 23.8 Å². The zero-order valence-corrected chi connectivity index (χ0v) is 17.5. The highest BCUT2D eigenvalue weighted by atomic mass is 35.5. The molecule has 0 bridgehead atoms. The minimum Gasteiger partial charge on any atom is -0.496 e. The van der Waals surface area contributed by atoms with Crippen LogP contribution in [0.1, 0.15) is 17.2 Å². The van der Waals surface area contributed by atoms with Crippen molar-refractivity contribution in [2.75, 3.05) is 20.8 Å². The van der Waals surface area contributed by atoms with Crippen molar-refractivity contribution in [3.63, 3.8) is 0 Å². The molecule has 1 unspecified atom stereocenters. The number of nitrogens with zero attached hydrogens (tertiary/aromatic N) is 3. The van der Waals surface area contributed by atoms with E-state index in [0.717, 1.165) is 16.7 Å². The Morgan fingerprint density at radius 3 is 2.55 bits per heavy atom. The average Bonchev–Trinajstić information content (AvgIpc) is 3.07. The number of aliphatic hydroxyl groups is 1. The number of aliphatic hydroxyl groups excluding tert-OH is 1. The Balaban J connectivity index is 1.61. The molecule has 29 heavy (non-hydrogen) atoms. The van der Waals surface area contributed by atoms with Crippen LogP contribution in [-0.2, 0) is 13.2 Å². The fraction of sp³-hybridized carbons (Fsp3) is 0.300. The highest BCUT2D eigenvalue weighted by molar-refractivity contribution is 7.71. The van der Waals surface area contributed by atoms with Crippen LogP contribution >= 0.6 is 23.8 Å². The van der Waals surface area contributed by atoms with Crippen molar-refractivity contribution in [3.8, 4) is 23.0 Å². The van der Waals surface area contributed by atoms with E-state index in [2.05, 4.69) is 5.10 Å². The van der Waals surface area contributed by atoms with Crippen LogP contribution in [0.4, 0.5) is 0 Å². The van der Waals surface area contributed by atoms with Gasteiger partial charge in [0, 0.05) is 34.8 Å². The SMILES string of the molecule is COc1ccc(OC)c2c1CN(Cn1nc(-c3ccc(Cl)cc3)oc1=S)CC2O. The standard InChI is InChI=1S/C20H20ClN3O4S/c1-26-16-7-8-17(27-2)18-14(16)9-23(10-15(18)25)11-24-20(29)28-19(22-24)12-3-5-13(21)6-4-12/h3-8,15,25H,9-11H2,1-2H3. The lowest BCUT2D eigenvalue weighted by Crippen LogP contribution is -2.35. The van der Waals surface area contributed by atoms with Gasteiger partial charge in [0.15, 0.2) is 0 Å². The van der Waals surface area contributed by atoms with Crippen LogP contribution in [0.25, 0.3) is 11.5 Å². The fourth-order valence-electron chi connectivity index (χ4n) is 3.55. The summed E-state index contributed by atoms with van der Waals surface area (Å²) in [6.45, 7) is 1.33. The Morgan fingerprint density at radius 2 is 1.86 bits per heavy atom. The Hall–Kier alpha value is -2.39. The summed E-state index contributed by atoms with van der Waals surface area (Å²) in [6, 6.07) is 10.8. The maximum atomic E-state index is 10.8. The summed E-state index contributed by atoms with van der Waals surface area (Å²) in [4.78, 5) is 2.28. The van der Waals surface area contributed by atoms with Gasteiger partial charge >= 0.3 is 0 Å². The number of hydrogen-bond donors (Lipinski definition) is 1. The molecule has 1 aromatic heterocycles. The molecule has 4 rings (SSSR count). The highest BCUT2D eigenvalue weighted by Gasteiger charge is 2.30. The molecule has 2 aromatic carbocycles. The number of halogens is 1. The summed E-state index contributed by atoms with van der Waals surface area (Å²) in [5.41, 5.74) is 2.43. The van der Waals surface area contributed by atoms with Crippen molar-refractivity contribution in [1.29, 1.82) is 0 Å². The molecular weight excluding hydrogens is 414 g/mol. The van der Waals surface area contributed by atoms with Crippen LogP contribution in [0.15, 0.2) is 40.8 Å². The second-order valence-corrected chi connectivity index (χ2v) is 7.50. The predicted octanol–water partition coefficient (Wildman–Crippen LogP) is 4.05. The third-order valence-electron chi connectivity index (χ3n) is 4.89. The van der Waals surface area contributed by atoms with Gasteiger partial charge in [0.2, 0.25) is 5.89 Å². The van der Waals surface area contributed by atoms with Gasteiger partial charge in [0.1, 0.15) is 11.5 Å². The van der Waals surface area contributed by atoms with Gasteiger partial charge in [-0.1, -0.05) is 11.6 Å². The normalized spacial score (nSPS) is 16.5. The number of aromatic nitrogens is 2. The number of benzene rings is 2. The molecule has 0 saturated carbocycles. The first-order valence-corrected chi connectivity index (χ1v) is 9.77. The molecule has 152 valence electrons. The van der Waals surface area contributed by atoms with E-state index in [1.54, 1.807) is 31.0 Å². The lowest BCUT2D eigenvalue weighted by molar-refractivity contribution is 0.0665. The molecule has 0 amide bonds. The predicted molar refractivity (Wildman–Crippen MR) is 111 cm³/mol. The number of rotatable bonds is 5. The zero-order chi connectivity index (χ0) is 20.5. The summed E-state index contributed by atoms with van der Waals surface area (Å²) >= 11 is 11.3. The van der Waals surface area contributed by atoms with Gasteiger partial charge in [0.25, 0.3) is 4.84 Å². The second kappa shape index (κ2) is 8.16. The Morgan fingerprint density at radius 1 is 1.17 bits per heavy atom. The van der Waals surface area contributed by atoms with Crippen LogP contribution in [0.2, 0.25) is 5.02 Å². The molecule has 7 nitrogen and oxygen atoms in total. The topological polar surface area (TPSA) is 72.9 Å². The van der Waals surface area contributed by atoms with Gasteiger partial charge < -0.3 is 19.0 Å². The van der Waals surface area contributed by atoms with Crippen LogP contribution in [-0.4, -0.2) is 40.6 Å². The van der Waals surface area contributed by atoms with Gasteiger partial charge in [-0.15, -0.1) is 5.10 Å². The Labute approximate surface area is 178 Å². The molecule has 1 aliphatic heterocycles. The first kappa shape index (κ1) is 19.9. The molecule has 1 aliphatic rings. The molecule has 9 heteroatoms. The lowest BCUT2D eigenvalue weighted by Gasteiger charge is -2.33. The summed E-state index contributed by atoms with van der Waals surface area (Å²) in [6.07, 6.45) is -0.722. The van der Waals surface area contributed by atoms with Gasteiger partial charge in [-0.3, -0.25) is 4.90 Å². The van der Waals surface area contributed by atoms with E-state index in [1.807, 2.05) is 29.2 Å². The van der Waals surface area contributed by atoms with Gasteiger partial charge in [-0.2, -0.15) is 0 Å². The number of methoxy groups -OCH3 is 2. The van der Waals surface area contributed by atoms with E-state index in [-0.39, 0.29) is 4.84 Å². The largest absolute Gasteiger partial charge is 0.496 e. The molecule has 1 atom stereocenters. The maximum absolute atomic E-state index is 10.8. The fourth-order valence-corrected chi connectivity index (χ4v) is 3.85. The minimum absolute atomic E-state index is 0.257. The van der Waals surface area contributed by atoms with Crippen molar-refractivity contribution in [1.82, 2.24) is 14.7 Å². The zero-order valence-electron chi connectivity index (χ0n) is 16.0. The number of hydrogen-bond acceptors (Lipinski definition) is 7. The van der Waals surface area contributed by atoms with Crippen molar-refractivity contribution < 1.29 is 19.0 Å². The Kier molecular flexibility index (Phi) is 5.60. The number of fused-ring (bicyclic) bond motifs is 1. The molecular formula is C20H20ClN3O4S. The van der Waals surface area contributed by atoms with Gasteiger partial charge in [-0.05, 0) is 48.6 Å². The van der Waals surface area contributed by atoms with E-state index in [1.165, 1.54) is 0 Å². The van der Waals surface area contributed by atoms with E-state index in [0.29, 0.717) is 42.2 Å². The molecule has 0 saturated heterocycles. The lowest BCUT2D eigenvalue weighted by atomic mass is 9.95. The van der Waals surface area contributed by atoms with Crippen LogP contribution in [0.5, 0.6) is 11.5 Å². The van der Waals surface area contributed by atoms with Crippen LogP contribution < -0.4 is 9.47 Å². The first-order valence-electron chi connectivity index (χ1n) is 8.98. The van der Waals surface area contributed by atoms with Crippen molar-refractivity contribution in [2.24, 2.45) is 0 Å². The molecule has 0 aliphatic carbocycles. The Bertz CT molecular complexity index is 1080. The molecule has 1 N–H and O–H groups in total. The highest BCUT2D eigenvalue weighted by Crippen LogP contribution is 2.39. The van der Waals surface area contributed by atoms with Crippen molar-refractivity contribution in [3.05, 3.63) is 57.4 Å². The molecule has 2 heterocycles. The number of ether oxygens (including phenoxy) is 2. The van der Waals surface area contributed by atoms with Gasteiger partial charge in [0.05, 0.1) is 27.0 Å². The molecule has 0 fully saturated rings. The number of β-amino-alcohol motifs (C(OH)–C–C–N with tert-alkyl or cyclic N) is 1. The van der Waals surface area contributed by atoms with E-state index in [4.69, 9.17) is 37.7 Å². The van der Waals surface area contributed by atoms with E-state index >= 15 is 0 Å². The van der Waals surface area contributed by atoms with Crippen LogP contribution in [0, 0.1) is 4.84 Å². The second-order valence-electron chi connectivity index (χ2n) is 6.71. The molecule has 0 radical (unpaired) electrons. The smallest absolute Gasteiger partial charge is 0.288 e. The summed E-state index contributed by atoms with van der Waals surface area (Å²) in [7, 11) is 3.20. The van der Waals surface area contributed by atoms with Gasteiger partial charge in [-0.25, -0.2) is 4.68 Å². The van der Waals surface area contributed by atoms with Crippen molar-refractivity contribution in [2.45, 2.75) is 19.3 Å². The van der Waals surface area contributed by atoms with E-state index < -0.39 is 6.10 Å². The third-order valence-corrected chi connectivity index (χ3v) is 5.44. The molecule has 0 spiro atoms. The first-order chi connectivity index (χ1) is 14.0. The maximum Gasteiger partial charge on any atom is 0.288 e. The van der Waals surface area contributed by atoms with Crippen LogP contribution in [0.3, 0.4) is 0 Å². The average molecular weight is 434 g/mol. The monoisotopic (exact) mass is 433 g/mol. The summed E-state index contributed by atoms with van der Waals surface area (Å²) < 4.78 is 18.2. The minimum atomic E-state index is -0.722. The molecule has 3 aromatic rings. The third kappa shape index (κ3) is 3.89. The quantitative estimate of drug-likeness (QED) is 0.608. The van der Waals surface area contributed by atoms with E-state index in [9.17, 15) is 5.11 Å². The summed E-state index contributed by atoms with van der Waals surface area (Å²) in [5, 5.41) is 15.9.